The zero-order valence-corrected chi connectivity index (χ0v) is 9.22. The first-order valence-corrected chi connectivity index (χ1v) is 4.32. The summed E-state index contributed by atoms with van der Waals surface area (Å²) in [5, 5.41) is 0. The first-order valence-electron chi connectivity index (χ1n) is 4.32. The van der Waals surface area contributed by atoms with E-state index in [0.29, 0.717) is 0 Å². The minimum absolute atomic E-state index is 0. The SMILES string of the molecule is CCCC.Cc1ccccc1.N.N. The van der Waals surface area contributed by atoms with Crippen molar-refractivity contribution in [3.8, 4) is 0 Å². The summed E-state index contributed by atoms with van der Waals surface area (Å²) in [7, 11) is 0. The van der Waals surface area contributed by atoms with Crippen molar-refractivity contribution in [2.24, 2.45) is 0 Å². The summed E-state index contributed by atoms with van der Waals surface area (Å²) in [5.74, 6) is 0. The maximum absolute atomic E-state index is 2.18. The van der Waals surface area contributed by atoms with Gasteiger partial charge in [0.05, 0.1) is 0 Å². The summed E-state index contributed by atoms with van der Waals surface area (Å²) in [5.41, 5.74) is 1.32. The van der Waals surface area contributed by atoms with Gasteiger partial charge in [-0.15, -0.1) is 0 Å². The van der Waals surface area contributed by atoms with E-state index in [4.69, 9.17) is 0 Å². The van der Waals surface area contributed by atoms with Gasteiger partial charge in [0.15, 0.2) is 0 Å². The molecule has 0 aromatic heterocycles. The molecule has 1 aromatic rings. The lowest BCUT2D eigenvalue weighted by Crippen LogP contribution is -1.62. The highest BCUT2D eigenvalue weighted by Gasteiger charge is 1.72. The van der Waals surface area contributed by atoms with Gasteiger partial charge in [0.1, 0.15) is 0 Å². The number of unbranched alkanes of at least 4 members (excludes halogenated alkanes) is 1. The second-order valence-electron chi connectivity index (χ2n) is 2.65. The Morgan fingerprint density at radius 2 is 1.23 bits per heavy atom. The quantitative estimate of drug-likeness (QED) is 0.689. The first kappa shape index (κ1) is 18.0. The van der Waals surface area contributed by atoms with Gasteiger partial charge in [-0.2, -0.15) is 0 Å². The summed E-state index contributed by atoms with van der Waals surface area (Å²) in [4.78, 5) is 0. The van der Waals surface area contributed by atoms with E-state index in [9.17, 15) is 0 Å². The molecule has 0 amide bonds. The average Bonchev–Trinajstić information content (AvgIpc) is 2.07. The van der Waals surface area contributed by atoms with E-state index in [1.807, 2.05) is 18.2 Å². The van der Waals surface area contributed by atoms with Crippen LogP contribution in [0.1, 0.15) is 32.3 Å². The fraction of sp³-hybridized carbons (Fsp3) is 0.455. The number of benzene rings is 1. The molecule has 1 aromatic carbocycles. The molecular weight excluding hydrogens is 160 g/mol. The van der Waals surface area contributed by atoms with Crippen molar-refractivity contribution in [1.82, 2.24) is 12.3 Å². The van der Waals surface area contributed by atoms with Crippen LogP contribution in [0.3, 0.4) is 0 Å². The van der Waals surface area contributed by atoms with Crippen LogP contribution in [-0.4, -0.2) is 0 Å². The van der Waals surface area contributed by atoms with Crippen LogP contribution in [0.2, 0.25) is 0 Å². The fourth-order valence-corrected chi connectivity index (χ4v) is 0.534. The van der Waals surface area contributed by atoms with Gasteiger partial charge in [0.25, 0.3) is 0 Å². The van der Waals surface area contributed by atoms with Crippen molar-refractivity contribution in [2.45, 2.75) is 33.6 Å². The van der Waals surface area contributed by atoms with E-state index in [2.05, 4.69) is 32.9 Å². The second-order valence-corrected chi connectivity index (χ2v) is 2.65. The maximum Gasteiger partial charge on any atom is -0.0398 e. The molecule has 78 valence electrons. The van der Waals surface area contributed by atoms with Crippen LogP contribution in [0.15, 0.2) is 30.3 Å². The highest BCUT2D eigenvalue weighted by Crippen LogP contribution is 1.92. The lowest BCUT2D eigenvalue weighted by molar-refractivity contribution is 0.886. The molecule has 0 spiro atoms. The van der Waals surface area contributed by atoms with Gasteiger partial charge in [-0.3, -0.25) is 0 Å². The maximum atomic E-state index is 2.18. The van der Waals surface area contributed by atoms with E-state index in [0.717, 1.165) is 0 Å². The molecule has 2 nitrogen and oxygen atoms in total. The third-order valence-electron chi connectivity index (χ3n) is 1.44. The second kappa shape index (κ2) is 13.7. The zero-order valence-electron chi connectivity index (χ0n) is 9.22. The van der Waals surface area contributed by atoms with Crippen molar-refractivity contribution in [2.75, 3.05) is 0 Å². The number of rotatable bonds is 1. The van der Waals surface area contributed by atoms with Crippen LogP contribution in [0.25, 0.3) is 0 Å². The van der Waals surface area contributed by atoms with Gasteiger partial charge in [-0.05, 0) is 6.92 Å². The summed E-state index contributed by atoms with van der Waals surface area (Å²) in [6.45, 7) is 6.44. The van der Waals surface area contributed by atoms with Crippen molar-refractivity contribution >= 4 is 0 Å². The van der Waals surface area contributed by atoms with Gasteiger partial charge < -0.3 is 12.3 Å². The van der Waals surface area contributed by atoms with Crippen LogP contribution in [0.4, 0.5) is 0 Å². The predicted molar refractivity (Wildman–Crippen MR) is 61.8 cm³/mol. The monoisotopic (exact) mass is 184 g/mol. The van der Waals surface area contributed by atoms with Crippen LogP contribution < -0.4 is 12.3 Å². The van der Waals surface area contributed by atoms with Crippen LogP contribution in [0.5, 0.6) is 0 Å². The van der Waals surface area contributed by atoms with E-state index in [1.54, 1.807) is 0 Å². The zero-order chi connectivity index (χ0) is 8.53. The third kappa shape index (κ3) is 14.0. The Kier molecular flexibility index (Phi) is 19.0. The lowest BCUT2D eigenvalue weighted by Gasteiger charge is -1.82. The van der Waals surface area contributed by atoms with Gasteiger partial charge in [-0.1, -0.05) is 62.6 Å². The highest BCUT2D eigenvalue weighted by molar-refractivity contribution is 5.11. The van der Waals surface area contributed by atoms with Gasteiger partial charge >= 0.3 is 0 Å². The molecule has 0 saturated heterocycles. The molecule has 0 radical (unpaired) electrons. The molecule has 0 bridgehead atoms. The first-order chi connectivity index (χ1) is 5.31. The normalized spacial score (nSPS) is 7.00. The molecule has 0 heterocycles. The molecule has 1 rings (SSSR count). The molecule has 0 fully saturated rings. The molecule has 0 saturated carbocycles. The molecule has 6 N–H and O–H groups in total. The Balaban J connectivity index is -0.000000150. The topological polar surface area (TPSA) is 70.0 Å². The molecule has 0 unspecified atom stereocenters. The number of hydrogen-bond acceptors (Lipinski definition) is 2. The smallest absolute Gasteiger partial charge is 0.0398 e. The Hall–Kier alpha value is -0.860. The predicted octanol–water partition coefficient (Wildman–Crippen LogP) is 4.13. The number of aryl methyl sites for hydroxylation is 1. The summed E-state index contributed by atoms with van der Waals surface area (Å²) < 4.78 is 0. The summed E-state index contributed by atoms with van der Waals surface area (Å²) >= 11 is 0. The fourth-order valence-electron chi connectivity index (χ4n) is 0.534. The number of hydrogen-bond donors (Lipinski definition) is 2. The van der Waals surface area contributed by atoms with E-state index in [-0.39, 0.29) is 12.3 Å². The minimum Gasteiger partial charge on any atom is -0.344 e. The van der Waals surface area contributed by atoms with Gasteiger partial charge in [0.2, 0.25) is 0 Å². The molecule has 0 atom stereocenters. The van der Waals surface area contributed by atoms with Crippen molar-refractivity contribution in [3.05, 3.63) is 35.9 Å². The van der Waals surface area contributed by atoms with Crippen molar-refractivity contribution in [3.63, 3.8) is 0 Å². The average molecular weight is 184 g/mol. The Morgan fingerprint density at radius 3 is 1.38 bits per heavy atom. The largest absolute Gasteiger partial charge is 0.344 e. The molecule has 13 heavy (non-hydrogen) atoms. The Labute approximate surface area is 82.5 Å². The molecule has 2 heteroatoms. The standard InChI is InChI=1S/C7H8.C4H10.2H3N/c1-7-5-3-2-4-6-7;1-3-4-2;;/h2-6H,1H3;3-4H2,1-2H3;2*1H3. The summed E-state index contributed by atoms with van der Waals surface area (Å²) in [6.07, 6.45) is 2.64. The van der Waals surface area contributed by atoms with E-state index >= 15 is 0 Å². The molecular formula is C11H24N2. The third-order valence-corrected chi connectivity index (χ3v) is 1.44. The Bertz CT molecular complexity index is 159. The molecule has 0 aliphatic rings. The van der Waals surface area contributed by atoms with Crippen LogP contribution in [-0.2, 0) is 0 Å². The van der Waals surface area contributed by atoms with E-state index < -0.39 is 0 Å². The molecule has 0 aliphatic carbocycles. The summed E-state index contributed by atoms with van der Waals surface area (Å²) in [6, 6.07) is 10.3. The Morgan fingerprint density at radius 1 is 0.846 bits per heavy atom. The minimum atomic E-state index is 0. The van der Waals surface area contributed by atoms with Gasteiger partial charge in [-0.25, -0.2) is 0 Å². The van der Waals surface area contributed by atoms with E-state index in [1.165, 1.54) is 18.4 Å². The highest BCUT2D eigenvalue weighted by atomic mass is 14.0. The van der Waals surface area contributed by atoms with Crippen molar-refractivity contribution in [1.29, 1.82) is 0 Å². The van der Waals surface area contributed by atoms with Crippen molar-refractivity contribution < 1.29 is 0 Å². The lowest BCUT2D eigenvalue weighted by atomic mass is 10.2. The van der Waals surface area contributed by atoms with Gasteiger partial charge in [0, 0.05) is 0 Å². The van der Waals surface area contributed by atoms with Crippen LogP contribution in [0, 0.1) is 6.92 Å². The van der Waals surface area contributed by atoms with Crippen LogP contribution >= 0.6 is 0 Å². The molecule has 0 aliphatic heterocycles.